The SMILES string of the molecule is CCN(CC(=O)Nc1cc(C(C)(C)C)nn1-c1ccc(C)cc1)C(=O)Nc1ccc(OC)cc1. The second-order valence-corrected chi connectivity index (χ2v) is 9.13. The lowest BCUT2D eigenvalue weighted by molar-refractivity contribution is -0.116. The summed E-state index contributed by atoms with van der Waals surface area (Å²) in [5.41, 5.74) is 3.27. The fourth-order valence-corrected chi connectivity index (χ4v) is 3.28. The van der Waals surface area contributed by atoms with Gasteiger partial charge in [-0.05, 0) is 50.2 Å². The van der Waals surface area contributed by atoms with Gasteiger partial charge in [0.05, 0.1) is 18.5 Å². The van der Waals surface area contributed by atoms with Crippen LogP contribution in [0.15, 0.2) is 54.6 Å². The summed E-state index contributed by atoms with van der Waals surface area (Å²) in [5.74, 6) is 0.954. The number of nitrogens with one attached hydrogen (secondary N) is 2. The Morgan fingerprint density at radius 1 is 1.03 bits per heavy atom. The van der Waals surface area contributed by atoms with Crippen molar-refractivity contribution in [3.8, 4) is 11.4 Å². The fraction of sp³-hybridized carbons (Fsp3) is 0.346. The number of amides is 3. The molecule has 0 aliphatic heterocycles. The van der Waals surface area contributed by atoms with E-state index in [2.05, 4.69) is 31.4 Å². The molecule has 0 saturated heterocycles. The number of methoxy groups -OCH3 is 1. The highest BCUT2D eigenvalue weighted by molar-refractivity contribution is 5.96. The van der Waals surface area contributed by atoms with E-state index in [9.17, 15) is 9.59 Å². The van der Waals surface area contributed by atoms with Crippen LogP contribution in [0.4, 0.5) is 16.3 Å². The van der Waals surface area contributed by atoms with E-state index in [1.165, 1.54) is 4.90 Å². The van der Waals surface area contributed by atoms with Crippen LogP contribution in [-0.4, -0.2) is 46.8 Å². The first kappa shape index (κ1) is 24.8. The van der Waals surface area contributed by atoms with E-state index in [1.807, 2.05) is 44.2 Å². The van der Waals surface area contributed by atoms with Crippen LogP contribution in [-0.2, 0) is 10.2 Å². The van der Waals surface area contributed by atoms with Crippen molar-refractivity contribution in [3.05, 3.63) is 65.9 Å². The Balaban J connectivity index is 1.74. The van der Waals surface area contributed by atoms with E-state index < -0.39 is 0 Å². The maximum Gasteiger partial charge on any atom is 0.322 e. The predicted octanol–water partition coefficient (Wildman–Crippen LogP) is 4.98. The highest BCUT2D eigenvalue weighted by Crippen LogP contribution is 2.26. The summed E-state index contributed by atoms with van der Waals surface area (Å²) in [5, 5.41) is 10.5. The number of anilines is 2. The molecule has 3 amide bonds. The molecule has 3 rings (SSSR count). The van der Waals surface area contributed by atoms with Crippen molar-refractivity contribution in [2.24, 2.45) is 0 Å². The highest BCUT2D eigenvalue weighted by Gasteiger charge is 2.23. The number of urea groups is 1. The Labute approximate surface area is 200 Å². The van der Waals surface area contributed by atoms with Crippen LogP contribution >= 0.6 is 0 Å². The molecule has 180 valence electrons. The van der Waals surface area contributed by atoms with E-state index in [0.717, 1.165) is 16.9 Å². The molecule has 8 heteroatoms. The first-order chi connectivity index (χ1) is 16.1. The summed E-state index contributed by atoms with van der Waals surface area (Å²) in [6.07, 6.45) is 0. The molecule has 8 nitrogen and oxygen atoms in total. The van der Waals surface area contributed by atoms with Gasteiger partial charge in [0.1, 0.15) is 18.1 Å². The van der Waals surface area contributed by atoms with E-state index in [-0.39, 0.29) is 23.9 Å². The average molecular weight is 464 g/mol. The lowest BCUT2D eigenvalue weighted by atomic mass is 9.92. The third-order valence-corrected chi connectivity index (χ3v) is 5.37. The van der Waals surface area contributed by atoms with Gasteiger partial charge in [0.15, 0.2) is 0 Å². The zero-order valence-corrected chi connectivity index (χ0v) is 20.7. The van der Waals surface area contributed by atoms with Crippen molar-refractivity contribution >= 4 is 23.4 Å². The molecule has 0 atom stereocenters. The van der Waals surface area contributed by atoms with Gasteiger partial charge in [0.25, 0.3) is 0 Å². The number of aryl methyl sites for hydroxylation is 1. The first-order valence-electron chi connectivity index (χ1n) is 11.3. The molecule has 0 radical (unpaired) electrons. The monoisotopic (exact) mass is 463 g/mol. The first-order valence-corrected chi connectivity index (χ1v) is 11.3. The molecule has 1 heterocycles. The smallest absolute Gasteiger partial charge is 0.322 e. The fourth-order valence-electron chi connectivity index (χ4n) is 3.28. The third kappa shape index (κ3) is 6.15. The summed E-state index contributed by atoms with van der Waals surface area (Å²) >= 11 is 0. The van der Waals surface area contributed by atoms with Crippen molar-refractivity contribution < 1.29 is 14.3 Å². The zero-order valence-electron chi connectivity index (χ0n) is 20.7. The molecule has 0 bridgehead atoms. The van der Waals surface area contributed by atoms with E-state index in [1.54, 1.807) is 36.1 Å². The number of rotatable bonds is 7. The van der Waals surface area contributed by atoms with E-state index in [0.29, 0.717) is 23.8 Å². The van der Waals surface area contributed by atoms with Gasteiger partial charge in [-0.3, -0.25) is 4.79 Å². The standard InChI is InChI=1S/C26H33N5O3/c1-7-30(25(33)27-19-10-14-21(34-6)15-11-19)17-24(32)28-23-16-22(26(3,4)5)29-31(23)20-12-8-18(2)9-13-20/h8-16H,7,17H2,1-6H3,(H,27,33)(H,28,32). The number of benzene rings is 2. The Hall–Kier alpha value is -3.81. The predicted molar refractivity (Wildman–Crippen MR) is 135 cm³/mol. The topological polar surface area (TPSA) is 88.5 Å². The Kier molecular flexibility index (Phi) is 7.61. The Bertz CT molecular complexity index is 1130. The van der Waals surface area contributed by atoms with Gasteiger partial charge >= 0.3 is 6.03 Å². The molecule has 3 aromatic rings. The molecule has 34 heavy (non-hydrogen) atoms. The van der Waals surface area contributed by atoms with Gasteiger partial charge in [-0.2, -0.15) is 5.10 Å². The molecule has 0 unspecified atom stereocenters. The molecule has 2 N–H and O–H groups in total. The maximum atomic E-state index is 12.9. The number of hydrogen-bond donors (Lipinski definition) is 2. The second-order valence-electron chi connectivity index (χ2n) is 9.13. The number of nitrogens with zero attached hydrogens (tertiary/aromatic N) is 3. The van der Waals surface area contributed by atoms with Gasteiger partial charge in [-0.25, -0.2) is 9.48 Å². The zero-order chi connectivity index (χ0) is 24.9. The average Bonchev–Trinajstić information content (AvgIpc) is 3.22. The largest absolute Gasteiger partial charge is 0.497 e. The van der Waals surface area contributed by atoms with Crippen molar-refractivity contribution in [1.29, 1.82) is 0 Å². The van der Waals surface area contributed by atoms with Crippen LogP contribution in [0.3, 0.4) is 0 Å². The quantitative estimate of drug-likeness (QED) is 0.517. The lowest BCUT2D eigenvalue weighted by Gasteiger charge is -2.21. The van der Waals surface area contributed by atoms with Crippen LogP contribution in [0.1, 0.15) is 39.0 Å². The summed E-state index contributed by atoms with van der Waals surface area (Å²) in [6, 6.07) is 16.5. The highest BCUT2D eigenvalue weighted by atomic mass is 16.5. The van der Waals surface area contributed by atoms with Gasteiger partial charge in [-0.1, -0.05) is 38.5 Å². The number of carbonyl (C=O) groups is 2. The number of aromatic nitrogens is 2. The molecular formula is C26H33N5O3. The van der Waals surface area contributed by atoms with Gasteiger partial charge < -0.3 is 20.3 Å². The molecule has 2 aromatic carbocycles. The summed E-state index contributed by atoms with van der Waals surface area (Å²) in [7, 11) is 1.58. The van der Waals surface area contributed by atoms with Crippen LogP contribution in [0.5, 0.6) is 5.75 Å². The van der Waals surface area contributed by atoms with Crippen molar-refractivity contribution in [2.45, 2.75) is 40.0 Å². The molecule has 0 aliphatic carbocycles. The molecular weight excluding hydrogens is 430 g/mol. The minimum atomic E-state index is -0.356. The Morgan fingerprint density at radius 3 is 2.24 bits per heavy atom. The number of carbonyl (C=O) groups excluding carboxylic acids is 2. The minimum absolute atomic E-state index is 0.0948. The van der Waals surface area contributed by atoms with Gasteiger partial charge in [0, 0.05) is 23.7 Å². The van der Waals surface area contributed by atoms with Gasteiger partial charge in [-0.15, -0.1) is 0 Å². The lowest BCUT2D eigenvalue weighted by Crippen LogP contribution is -2.40. The maximum absolute atomic E-state index is 12.9. The molecule has 1 aromatic heterocycles. The van der Waals surface area contributed by atoms with Crippen molar-refractivity contribution in [1.82, 2.24) is 14.7 Å². The van der Waals surface area contributed by atoms with Gasteiger partial charge in [0.2, 0.25) is 5.91 Å². The molecule has 0 saturated carbocycles. The number of hydrogen-bond acceptors (Lipinski definition) is 4. The molecule has 0 fully saturated rings. The van der Waals surface area contributed by atoms with Crippen LogP contribution in [0.2, 0.25) is 0 Å². The minimum Gasteiger partial charge on any atom is -0.497 e. The van der Waals surface area contributed by atoms with Crippen molar-refractivity contribution in [3.63, 3.8) is 0 Å². The van der Waals surface area contributed by atoms with Crippen LogP contribution in [0, 0.1) is 6.92 Å². The third-order valence-electron chi connectivity index (χ3n) is 5.37. The van der Waals surface area contributed by atoms with Crippen molar-refractivity contribution in [2.75, 3.05) is 30.8 Å². The summed E-state index contributed by atoms with van der Waals surface area (Å²) in [4.78, 5) is 27.1. The van der Waals surface area contributed by atoms with Crippen LogP contribution < -0.4 is 15.4 Å². The summed E-state index contributed by atoms with van der Waals surface area (Å²) < 4.78 is 6.87. The van der Waals surface area contributed by atoms with E-state index >= 15 is 0 Å². The normalized spacial score (nSPS) is 11.1. The van der Waals surface area contributed by atoms with Crippen LogP contribution in [0.25, 0.3) is 5.69 Å². The van der Waals surface area contributed by atoms with E-state index in [4.69, 9.17) is 9.84 Å². The second kappa shape index (κ2) is 10.4. The molecule has 0 spiro atoms. The Morgan fingerprint density at radius 2 is 1.68 bits per heavy atom. The summed E-state index contributed by atoms with van der Waals surface area (Å²) in [6.45, 7) is 10.3. The molecule has 0 aliphatic rings. The number of ether oxygens (including phenoxy) is 1. The number of likely N-dealkylation sites (N-methyl/N-ethyl adjacent to an activating group) is 1.